The molecule has 0 spiro atoms. The molecule has 0 saturated carbocycles. The summed E-state index contributed by atoms with van der Waals surface area (Å²) in [6.07, 6.45) is -10.5. The molecule has 3 nitrogen and oxygen atoms in total. The second-order valence-corrected chi connectivity index (χ2v) is 6.96. The van der Waals surface area contributed by atoms with E-state index in [-0.39, 0.29) is 13.5 Å². The van der Waals surface area contributed by atoms with Crippen molar-refractivity contribution in [3.05, 3.63) is 35.4 Å². The molecule has 0 bridgehead atoms. The molecule has 0 aliphatic rings. The Bertz CT molecular complexity index is 880. The van der Waals surface area contributed by atoms with Gasteiger partial charge in [0, 0.05) is 0 Å². The van der Waals surface area contributed by atoms with Crippen molar-refractivity contribution in [3.8, 4) is 0 Å². The molecule has 1 rings (SSSR count). The van der Waals surface area contributed by atoms with Crippen molar-refractivity contribution in [2.45, 2.75) is 55.7 Å². The first-order valence-corrected chi connectivity index (χ1v) is 8.93. The van der Waals surface area contributed by atoms with Crippen molar-refractivity contribution < 1.29 is 71.7 Å². The number of halogens is 13. The van der Waals surface area contributed by atoms with Crippen LogP contribution in [0.5, 0.6) is 0 Å². The highest BCUT2D eigenvalue weighted by atomic mass is 19.4. The zero-order valence-corrected chi connectivity index (χ0v) is 16.8. The van der Waals surface area contributed by atoms with Gasteiger partial charge in [-0.25, -0.2) is 4.79 Å². The summed E-state index contributed by atoms with van der Waals surface area (Å²) in [6, 6.07) is 3.53. The van der Waals surface area contributed by atoms with Gasteiger partial charge in [0.1, 0.15) is 0 Å². The van der Waals surface area contributed by atoms with Crippen LogP contribution in [0.2, 0.25) is 0 Å². The number of aliphatic hydroxyl groups is 1. The SMILES string of the molecule is CCOC(=O)c1ccccc1C(O)C(C)C(F)(F)C(F)(F)C(F)(F)C(F)(F)C(F)(F)C(F)(F)F. The molecule has 0 fully saturated rings. The Morgan fingerprint density at radius 1 is 0.824 bits per heavy atom. The van der Waals surface area contributed by atoms with E-state index in [4.69, 9.17) is 0 Å². The number of alkyl halides is 13. The van der Waals surface area contributed by atoms with Gasteiger partial charge in [0.2, 0.25) is 0 Å². The van der Waals surface area contributed by atoms with Crippen LogP contribution in [0.25, 0.3) is 0 Å². The maximum Gasteiger partial charge on any atom is 0.460 e. The van der Waals surface area contributed by atoms with E-state index in [1.165, 1.54) is 6.92 Å². The Kier molecular flexibility index (Phi) is 7.95. The van der Waals surface area contributed by atoms with E-state index in [2.05, 4.69) is 4.74 Å². The van der Waals surface area contributed by atoms with E-state index in [1.807, 2.05) is 0 Å². The summed E-state index contributed by atoms with van der Waals surface area (Å²) < 4.78 is 178. The zero-order valence-electron chi connectivity index (χ0n) is 16.8. The van der Waals surface area contributed by atoms with Crippen molar-refractivity contribution in [2.75, 3.05) is 6.61 Å². The van der Waals surface area contributed by atoms with Crippen LogP contribution in [0.4, 0.5) is 57.1 Å². The summed E-state index contributed by atoms with van der Waals surface area (Å²) in [7, 11) is 0. The monoisotopic (exact) mass is 526 g/mol. The summed E-state index contributed by atoms with van der Waals surface area (Å²) in [4.78, 5) is 11.9. The highest BCUT2D eigenvalue weighted by molar-refractivity contribution is 5.91. The standard InChI is InChI=1S/C18H15F13O3/c1-3-34-12(33)10-7-5-4-6-9(10)11(32)8(2)13(19,20)14(21,22)15(23,24)16(25,26)17(27,28)18(29,30)31/h4-8,11,32H,3H2,1-2H3. The predicted octanol–water partition coefficient (Wildman–Crippen LogP) is 6.27. The van der Waals surface area contributed by atoms with Gasteiger partial charge in [-0.2, -0.15) is 57.1 Å². The molecule has 2 atom stereocenters. The summed E-state index contributed by atoms with van der Waals surface area (Å²) >= 11 is 0. The second kappa shape index (κ2) is 9.07. The predicted molar refractivity (Wildman–Crippen MR) is 87.3 cm³/mol. The molecule has 1 aromatic carbocycles. The minimum atomic E-state index is -8.04. The van der Waals surface area contributed by atoms with Crippen LogP contribution in [0, 0.1) is 5.92 Å². The summed E-state index contributed by atoms with van der Waals surface area (Å²) in [6.45, 7) is 0.881. The lowest BCUT2D eigenvalue weighted by atomic mass is 9.82. The number of carbonyl (C=O) groups is 1. The van der Waals surface area contributed by atoms with Crippen LogP contribution in [0.1, 0.15) is 35.9 Å². The minimum absolute atomic E-state index is 0.101. The number of aliphatic hydroxyl groups excluding tert-OH is 1. The smallest absolute Gasteiger partial charge is 0.460 e. The minimum Gasteiger partial charge on any atom is -0.462 e. The van der Waals surface area contributed by atoms with Crippen molar-refractivity contribution in [2.24, 2.45) is 5.92 Å². The fourth-order valence-electron chi connectivity index (χ4n) is 2.68. The Balaban J connectivity index is 3.55. The van der Waals surface area contributed by atoms with Crippen LogP contribution in [0.15, 0.2) is 24.3 Å². The second-order valence-electron chi connectivity index (χ2n) is 6.96. The van der Waals surface area contributed by atoms with Gasteiger partial charge < -0.3 is 9.84 Å². The first kappa shape index (κ1) is 29.8. The van der Waals surface area contributed by atoms with E-state index in [9.17, 15) is 67.0 Å². The topological polar surface area (TPSA) is 46.5 Å². The number of esters is 1. The highest BCUT2D eigenvalue weighted by Gasteiger charge is 2.91. The number of ether oxygens (including phenoxy) is 1. The number of rotatable bonds is 9. The molecule has 1 aromatic rings. The van der Waals surface area contributed by atoms with E-state index in [0.29, 0.717) is 6.07 Å². The molecular weight excluding hydrogens is 511 g/mol. The molecule has 0 aliphatic carbocycles. The lowest BCUT2D eigenvalue weighted by Crippen LogP contribution is -2.71. The Labute approximate surface area is 182 Å². The maximum absolute atomic E-state index is 14.4. The third kappa shape index (κ3) is 4.40. The Morgan fingerprint density at radius 2 is 1.26 bits per heavy atom. The van der Waals surface area contributed by atoms with Gasteiger partial charge >= 0.3 is 41.8 Å². The molecule has 1 N–H and O–H groups in total. The first-order valence-electron chi connectivity index (χ1n) is 8.93. The van der Waals surface area contributed by atoms with E-state index in [1.54, 1.807) is 0 Å². The molecule has 34 heavy (non-hydrogen) atoms. The van der Waals surface area contributed by atoms with Crippen LogP contribution < -0.4 is 0 Å². The molecule has 0 aliphatic heterocycles. The van der Waals surface area contributed by atoms with Crippen molar-refractivity contribution in [3.63, 3.8) is 0 Å². The lowest BCUT2D eigenvalue weighted by Gasteiger charge is -2.42. The number of hydrogen-bond acceptors (Lipinski definition) is 3. The van der Waals surface area contributed by atoms with Crippen molar-refractivity contribution in [1.82, 2.24) is 0 Å². The third-order valence-corrected chi connectivity index (χ3v) is 4.78. The summed E-state index contributed by atoms with van der Waals surface area (Å²) in [5.74, 6) is -42.8. The van der Waals surface area contributed by atoms with Crippen LogP contribution >= 0.6 is 0 Å². The quantitative estimate of drug-likeness (QED) is 0.305. The number of benzene rings is 1. The maximum atomic E-state index is 14.4. The molecule has 2 unspecified atom stereocenters. The average molecular weight is 526 g/mol. The van der Waals surface area contributed by atoms with Crippen molar-refractivity contribution >= 4 is 5.97 Å². The molecule has 0 amide bonds. The average Bonchev–Trinajstić information content (AvgIpc) is 2.71. The van der Waals surface area contributed by atoms with E-state index >= 15 is 0 Å². The number of carbonyl (C=O) groups excluding carboxylic acids is 1. The van der Waals surface area contributed by atoms with Crippen LogP contribution in [-0.2, 0) is 4.74 Å². The Hall–Kier alpha value is -2.26. The van der Waals surface area contributed by atoms with Gasteiger partial charge in [0.15, 0.2) is 0 Å². The molecule has 0 radical (unpaired) electrons. The van der Waals surface area contributed by atoms with Gasteiger partial charge in [-0.1, -0.05) is 25.1 Å². The van der Waals surface area contributed by atoms with Crippen molar-refractivity contribution in [1.29, 1.82) is 0 Å². The fraction of sp³-hybridized carbons (Fsp3) is 0.611. The summed E-state index contributed by atoms with van der Waals surface area (Å²) in [5.41, 5.74) is -1.66. The van der Waals surface area contributed by atoms with E-state index < -0.39 is 64.9 Å². The lowest BCUT2D eigenvalue weighted by molar-refractivity contribution is -0.444. The fourth-order valence-corrected chi connectivity index (χ4v) is 2.68. The number of hydrogen-bond donors (Lipinski definition) is 1. The molecule has 16 heteroatoms. The van der Waals surface area contributed by atoms with Gasteiger partial charge in [0.25, 0.3) is 0 Å². The Morgan fingerprint density at radius 3 is 1.71 bits per heavy atom. The summed E-state index contributed by atoms with van der Waals surface area (Å²) in [5, 5.41) is 10.1. The van der Waals surface area contributed by atoms with Crippen LogP contribution in [-0.4, -0.2) is 53.5 Å². The third-order valence-electron chi connectivity index (χ3n) is 4.78. The van der Waals surface area contributed by atoms with Gasteiger partial charge in [0.05, 0.1) is 24.2 Å². The normalized spacial score (nSPS) is 16.2. The van der Waals surface area contributed by atoms with Gasteiger partial charge in [-0.05, 0) is 18.6 Å². The molecule has 196 valence electrons. The molecule has 0 heterocycles. The van der Waals surface area contributed by atoms with E-state index in [0.717, 1.165) is 18.2 Å². The molecule has 0 aromatic heterocycles. The zero-order chi connectivity index (χ0) is 27.1. The van der Waals surface area contributed by atoms with Crippen LogP contribution in [0.3, 0.4) is 0 Å². The first-order chi connectivity index (χ1) is 15.0. The van der Waals surface area contributed by atoms with Gasteiger partial charge in [-0.3, -0.25) is 0 Å². The molecule has 0 saturated heterocycles. The molecular formula is C18H15F13O3. The largest absolute Gasteiger partial charge is 0.462 e. The van der Waals surface area contributed by atoms with Gasteiger partial charge in [-0.15, -0.1) is 0 Å². The highest BCUT2D eigenvalue weighted by Crippen LogP contribution is 2.62.